The minimum Gasteiger partial charge on any atom is -0.461 e. The molecule has 0 saturated carbocycles. The average molecular weight is 253 g/mol. The van der Waals surface area contributed by atoms with Crippen molar-refractivity contribution in [1.82, 2.24) is 0 Å². The first-order chi connectivity index (χ1) is 8.00. The van der Waals surface area contributed by atoms with E-state index in [1.165, 1.54) is 0 Å². The van der Waals surface area contributed by atoms with E-state index in [0.29, 0.717) is 5.75 Å². The molecular weight excluding hydrogens is 239 g/mol. The molecule has 1 heterocycles. The van der Waals surface area contributed by atoms with Gasteiger partial charge in [-0.2, -0.15) is 0 Å². The van der Waals surface area contributed by atoms with Crippen molar-refractivity contribution < 1.29 is 18.6 Å². The molecule has 2 atom stereocenters. The molecule has 1 aromatic carbocycles. The van der Waals surface area contributed by atoms with Crippen molar-refractivity contribution in [3.63, 3.8) is 0 Å². The van der Waals surface area contributed by atoms with Crippen LogP contribution in [-0.2, 0) is 14.1 Å². The second-order valence-electron chi connectivity index (χ2n) is 4.69. The zero-order valence-corrected chi connectivity index (χ0v) is 10.6. The van der Waals surface area contributed by atoms with E-state index in [0.717, 1.165) is 0 Å². The van der Waals surface area contributed by atoms with Crippen molar-refractivity contribution in [2.24, 2.45) is 5.41 Å². The first-order valence-electron chi connectivity index (χ1n) is 5.37. The number of para-hydroxylation sites is 1. The molecule has 1 aliphatic heterocycles. The Morgan fingerprint density at radius 1 is 1.35 bits per heavy atom. The molecule has 0 radical (unpaired) electrons. The van der Waals surface area contributed by atoms with Gasteiger partial charge < -0.3 is 4.74 Å². The number of hydrogen-bond acceptors (Lipinski definition) is 4. The molecule has 1 aliphatic rings. The van der Waals surface area contributed by atoms with Gasteiger partial charge in [0.25, 0.3) is 5.66 Å². The monoisotopic (exact) mass is 253 g/mol. The minimum atomic E-state index is -2.11. The summed E-state index contributed by atoms with van der Waals surface area (Å²) in [6.07, 6.45) is 0. The van der Waals surface area contributed by atoms with Gasteiger partial charge in [-0.25, -0.2) is 4.79 Å². The van der Waals surface area contributed by atoms with E-state index >= 15 is 0 Å². The summed E-state index contributed by atoms with van der Waals surface area (Å²) in [5.41, 5.74) is -1.14. The van der Waals surface area contributed by atoms with Crippen molar-refractivity contribution in [3.05, 3.63) is 30.3 Å². The summed E-state index contributed by atoms with van der Waals surface area (Å²) in [6.45, 7) is 3.99. The molecule has 17 heavy (non-hydrogen) atoms. The van der Waals surface area contributed by atoms with Crippen molar-refractivity contribution in [3.8, 4) is 5.75 Å². The zero-order chi connectivity index (χ0) is 12.5. The molecule has 5 heteroatoms. The number of cyclic esters (lactones) is 1. The molecule has 0 bridgehead atoms. The van der Waals surface area contributed by atoms with Gasteiger partial charge in [-0.3, -0.25) is 4.52 Å². The second-order valence-corrected chi connectivity index (χ2v) is 5.96. The molecule has 90 valence electrons. The first-order valence-corrected chi connectivity index (χ1v) is 6.61. The Morgan fingerprint density at radius 3 is 2.53 bits per heavy atom. The Kier molecular flexibility index (Phi) is 3.16. The number of carbonyl (C=O) groups is 1. The maximum Gasteiger partial charge on any atom is 0.572 e. The number of hydrogen-bond donors (Lipinski definition) is 0. The van der Waals surface area contributed by atoms with Crippen LogP contribution in [0, 0.1) is 5.41 Å². The Morgan fingerprint density at radius 2 is 2.00 bits per heavy atom. The summed E-state index contributed by atoms with van der Waals surface area (Å²) in [5.74, 6) is 0.0659. The molecule has 0 N–H and O–H groups in total. The van der Waals surface area contributed by atoms with E-state index in [-0.39, 0.29) is 6.61 Å². The van der Waals surface area contributed by atoms with Gasteiger partial charge in [0.05, 0.1) is 5.41 Å². The minimum absolute atomic E-state index is 0.287. The first kappa shape index (κ1) is 12.1. The lowest BCUT2D eigenvalue weighted by Gasteiger charge is -2.12. The van der Waals surface area contributed by atoms with Crippen LogP contribution in [0.25, 0.3) is 0 Å². The van der Waals surface area contributed by atoms with Gasteiger partial charge in [0.15, 0.2) is 5.75 Å². The summed E-state index contributed by atoms with van der Waals surface area (Å²) in [4.78, 5) is 11.5. The molecule has 0 aromatic heterocycles. The summed E-state index contributed by atoms with van der Waals surface area (Å²) in [7, 11) is -2.11. The van der Waals surface area contributed by atoms with E-state index in [9.17, 15) is 9.36 Å². The third kappa shape index (κ3) is 2.47. The SMILES string of the molecule is CC1(C)COC(=O)C1[P+](=O)Oc1ccccc1. The maximum atomic E-state index is 12.1. The lowest BCUT2D eigenvalue weighted by Crippen LogP contribution is -2.27. The van der Waals surface area contributed by atoms with E-state index in [2.05, 4.69) is 0 Å². The third-order valence-corrected chi connectivity index (χ3v) is 4.42. The van der Waals surface area contributed by atoms with E-state index in [1.54, 1.807) is 24.3 Å². The lowest BCUT2D eigenvalue weighted by atomic mass is 9.92. The van der Waals surface area contributed by atoms with Crippen LogP contribution >= 0.6 is 8.03 Å². The molecular formula is C12H14O4P+. The molecule has 1 aromatic rings. The van der Waals surface area contributed by atoms with E-state index < -0.39 is 25.1 Å². The molecule has 0 amide bonds. The number of carbonyl (C=O) groups excluding carboxylic acids is 1. The fourth-order valence-electron chi connectivity index (χ4n) is 1.74. The number of ether oxygens (including phenoxy) is 1. The average Bonchev–Trinajstić information content (AvgIpc) is 2.54. The summed E-state index contributed by atoms with van der Waals surface area (Å²) in [5, 5.41) is 0. The van der Waals surface area contributed by atoms with E-state index in [4.69, 9.17) is 9.26 Å². The van der Waals surface area contributed by atoms with Crippen LogP contribution < -0.4 is 4.52 Å². The molecule has 0 spiro atoms. The predicted molar refractivity (Wildman–Crippen MR) is 63.2 cm³/mol. The van der Waals surface area contributed by atoms with Crippen LogP contribution in [0.4, 0.5) is 0 Å². The van der Waals surface area contributed by atoms with Crippen LogP contribution in [0.5, 0.6) is 5.75 Å². The van der Waals surface area contributed by atoms with Crippen LogP contribution in [0.15, 0.2) is 30.3 Å². The largest absolute Gasteiger partial charge is 0.572 e. The van der Waals surface area contributed by atoms with Gasteiger partial charge in [-0.05, 0) is 16.7 Å². The molecule has 1 fully saturated rings. The highest BCUT2D eigenvalue weighted by Gasteiger charge is 2.58. The quantitative estimate of drug-likeness (QED) is 0.614. The Bertz CT molecular complexity index is 441. The molecule has 4 nitrogen and oxygen atoms in total. The third-order valence-electron chi connectivity index (χ3n) is 2.70. The molecule has 2 unspecified atom stereocenters. The van der Waals surface area contributed by atoms with Gasteiger partial charge in [0, 0.05) is 0 Å². The van der Waals surface area contributed by atoms with Crippen molar-refractivity contribution in [2.75, 3.05) is 6.61 Å². The van der Waals surface area contributed by atoms with Crippen LogP contribution in [0.2, 0.25) is 0 Å². The fraction of sp³-hybridized carbons (Fsp3) is 0.417. The number of benzene rings is 1. The Hall–Kier alpha value is -1.41. The van der Waals surface area contributed by atoms with E-state index in [1.807, 2.05) is 19.9 Å². The lowest BCUT2D eigenvalue weighted by molar-refractivity contribution is -0.137. The van der Waals surface area contributed by atoms with Gasteiger partial charge >= 0.3 is 14.0 Å². The summed E-state index contributed by atoms with van der Waals surface area (Å²) in [6, 6.07) is 8.84. The fourth-order valence-corrected chi connectivity index (χ4v) is 3.07. The molecule has 2 rings (SSSR count). The van der Waals surface area contributed by atoms with Gasteiger partial charge in [0.1, 0.15) is 6.61 Å². The topological polar surface area (TPSA) is 52.6 Å². The van der Waals surface area contributed by atoms with Crippen LogP contribution in [-0.4, -0.2) is 18.2 Å². The normalized spacial score (nSPS) is 23.1. The highest BCUT2D eigenvalue weighted by atomic mass is 31.1. The Balaban J connectivity index is 2.13. The Labute approximate surface area is 101 Å². The smallest absolute Gasteiger partial charge is 0.461 e. The molecule has 1 saturated heterocycles. The van der Waals surface area contributed by atoms with Crippen molar-refractivity contribution in [1.29, 1.82) is 0 Å². The van der Waals surface area contributed by atoms with Gasteiger partial charge in [-0.15, -0.1) is 0 Å². The van der Waals surface area contributed by atoms with Gasteiger partial charge in [-0.1, -0.05) is 32.0 Å². The van der Waals surface area contributed by atoms with Crippen molar-refractivity contribution in [2.45, 2.75) is 19.5 Å². The highest BCUT2D eigenvalue weighted by Crippen LogP contribution is 2.45. The number of esters is 1. The second kappa shape index (κ2) is 4.46. The molecule has 0 aliphatic carbocycles. The summed E-state index contributed by atoms with van der Waals surface area (Å²) >= 11 is 0. The maximum absolute atomic E-state index is 12.1. The standard InChI is InChI=1S/C12H14O4P/c1-12(2)8-15-11(13)10(12)17(14)16-9-6-4-3-5-7-9/h3-7,10H,8H2,1-2H3/q+1. The predicted octanol–water partition coefficient (Wildman–Crippen LogP) is 2.76. The highest BCUT2D eigenvalue weighted by molar-refractivity contribution is 7.42. The van der Waals surface area contributed by atoms with Crippen molar-refractivity contribution >= 4 is 14.0 Å². The summed E-state index contributed by atoms with van der Waals surface area (Å²) < 4.78 is 22.3. The van der Waals surface area contributed by atoms with Gasteiger partial charge in [0.2, 0.25) is 0 Å². The zero-order valence-electron chi connectivity index (χ0n) is 9.75. The van der Waals surface area contributed by atoms with Crippen LogP contribution in [0.3, 0.4) is 0 Å². The number of rotatable bonds is 3. The van der Waals surface area contributed by atoms with Crippen LogP contribution in [0.1, 0.15) is 13.8 Å².